The monoisotopic (exact) mass is 348 g/mol. The summed E-state index contributed by atoms with van der Waals surface area (Å²) < 4.78 is 0. The van der Waals surface area contributed by atoms with E-state index in [9.17, 15) is 9.59 Å². The highest BCUT2D eigenvalue weighted by Crippen LogP contribution is 2.22. The highest BCUT2D eigenvalue weighted by atomic mass is 16.2. The molecule has 0 radical (unpaired) electrons. The lowest BCUT2D eigenvalue weighted by atomic mass is 10.1. The molecule has 1 heterocycles. The van der Waals surface area contributed by atoms with Crippen LogP contribution in [0.4, 0.5) is 5.69 Å². The molecule has 1 fully saturated rings. The Morgan fingerprint density at radius 2 is 1.81 bits per heavy atom. The van der Waals surface area contributed by atoms with Crippen molar-refractivity contribution in [3.05, 3.63) is 71.3 Å². The molecule has 26 heavy (non-hydrogen) atoms. The molecular formula is C22H24N2O2. The van der Waals surface area contributed by atoms with E-state index in [-0.39, 0.29) is 11.8 Å². The Hall–Kier alpha value is -2.88. The van der Waals surface area contributed by atoms with Crippen LogP contribution in [0.5, 0.6) is 0 Å². The number of carbonyl (C=O) groups excluding carboxylic acids is 2. The number of hydrogen-bond acceptors (Lipinski definition) is 2. The first-order valence-corrected chi connectivity index (χ1v) is 8.92. The van der Waals surface area contributed by atoms with Gasteiger partial charge < -0.3 is 9.80 Å². The molecule has 0 atom stereocenters. The lowest BCUT2D eigenvalue weighted by Crippen LogP contribution is -2.24. The molecule has 0 aromatic heterocycles. The van der Waals surface area contributed by atoms with Gasteiger partial charge in [-0.2, -0.15) is 0 Å². The zero-order valence-electron chi connectivity index (χ0n) is 15.3. The van der Waals surface area contributed by atoms with E-state index in [2.05, 4.69) is 12.1 Å². The first-order valence-electron chi connectivity index (χ1n) is 8.92. The van der Waals surface area contributed by atoms with Crippen molar-refractivity contribution >= 4 is 23.6 Å². The average molecular weight is 348 g/mol. The number of benzene rings is 2. The summed E-state index contributed by atoms with van der Waals surface area (Å²) in [6.07, 6.45) is 4.94. The van der Waals surface area contributed by atoms with Gasteiger partial charge in [-0.05, 0) is 42.7 Å². The van der Waals surface area contributed by atoms with Crippen molar-refractivity contribution in [1.29, 1.82) is 0 Å². The zero-order chi connectivity index (χ0) is 18.5. The van der Waals surface area contributed by atoms with E-state index in [0.717, 1.165) is 29.8 Å². The third-order valence-electron chi connectivity index (χ3n) is 4.61. The van der Waals surface area contributed by atoms with Crippen LogP contribution in [0.3, 0.4) is 0 Å². The second-order valence-electron chi connectivity index (χ2n) is 6.75. The van der Waals surface area contributed by atoms with Crippen LogP contribution in [0.2, 0.25) is 0 Å². The van der Waals surface area contributed by atoms with E-state index >= 15 is 0 Å². The van der Waals surface area contributed by atoms with Gasteiger partial charge in [0.2, 0.25) is 11.8 Å². The predicted octanol–water partition coefficient (Wildman–Crippen LogP) is 3.79. The number of anilines is 1. The largest absolute Gasteiger partial charge is 0.338 e. The van der Waals surface area contributed by atoms with Crippen LogP contribution in [0.15, 0.2) is 54.6 Å². The maximum absolute atomic E-state index is 12.3. The molecule has 4 heteroatoms. The summed E-state index contributed by atoms with van der Waals surface area (Å²) in [5, 5.41) is 0. The van der Waals surface area contributed by atoms with Crippen LogP contribution >= 0.6 is 0 Å². The average Bonchev–Trinajstić information content (AvgIpc) is 3.08. The van der Waals surface area contributed by atoms with E-state index in [1.807, 2.05) is 54.3 Å². The van der Waals surface area contributed by atoms with Crippen molar-refractivity contribution in [3.63, 3.8) is 0 Å². The summed E-state index contributed by atoms with van der Waals surface area (Å²) in [7, 11) is 1.80. The van der Waals surface area contributed by atoms with Crippen molar-refractivity contribution < 1.29 is 9.59 Å². The number of amides is 2. The molecule has 0 N–H and O–H groups in total. The van der Waals surface area contributed by atoms with Gasteiger partial charge in [0.05, 0.1) is 0 Å². The molecular weight excluding hydrogens is 324 g/mol. The van der Waals surface area contributed by atoms with Crippen LogP contribution in [-0.2, 0) is 16.1 Å². The van der Waals surface area contributed by atoms with Crippen molar-refractivity contribution in [1.82, 2.24) is 4.90 Å². The fourth-order valence-electron chi connectivity index (χ4n) is 3.03. The van der Waals surface area contributed by atoms with Crippen molar-refractivity contribution in [2.75, 3.05) is 18.5 Å². The molecule has 1 aliphatic heterocycles. The molecule has 4 nitrogen and oxygen atoms in total. The fourth-order valence-corrected chi connectivity index (χ4v) is 3.03. The van der Waals surface area contributed by atoms with Gasteiger partial charge in [-0.1, -0.05) is 42.0 Å². The lowest BCUT2D eigenvalue weighted by molar-refractivity contribution is -0.125. The molecule has 2 aromatic rings. The molecule has 3 rings (SSSR count). The van der Waals surface area contributed by atoms with Gasteiger partial charge >= 0.3 is 0 Å². The Balaban J connectivity index is 1.58. The normalized spacial score (nSPS) is 14.2. The molecule has 0 unspecified atom stereocenters. The third kappa shape index (κ3) is 4.39. The van der Waals surface area contributed by atoms with Gasteiger partial charge in [0, 0.05) is 38.3 Å². The molecule has 0 aliphatic carbocycles. The number of hydrogen-bond donors (Lipinski definition) is 0. The number of nitrogens with zero attached hydrogens (tertiary/aromatic N) is 2. The Morgan fingerprint density at radius 1 is 1.12 bits per heavy atom. The summed E-state index contributed by atoms with van der Waals surface area (Å²) in [5.41, 5.74) is 4.19. The zero-order valence-corrected chi connectivity index (χ0v) is 15.3. The Labute approximate surface area is 154 Å². The fraction of sp³-hybridized carbons (Fsp3) is 0.273. The van der Waals surface area contributed by atoms with E-state index < -0.39 is 0 Å². The van der Waals surface area contributed by atoms with Gasteiger partial charge in [-0.25, -0.2) is 0 Å². The van der Waals surface area contributed by atoms with E-state index in [4.69, 9.17) is 0 Å². The summed E-state index contributed by atoms with van der Waals surface area (Å²) in [5.74, 6) is 0.144. The molecule has 1 saturated heterocycles. The summed E-state index contributed by atoms with van der Waals surface area (Å²) >= 11 is 0. The first-order chi connectivity index (χ1) is 12.5. The van der Waals surface area contributed by atoms with Gasteiger partial charge in [0.1, 0.15) is 0 Å². The van der Waals surface area contributed by atoms with Crippen molar-refractivity contribution in [2.45, 2.75) is 26.3 Å². The topological polar surface area (TPSA) is 40.6 Å². The summed E-state index contributed by atoms with van der Waals surface area (Å²) in [6.45, 7) is 3.42. The predicted molar refractivity (Wildman–Crippen MR) is 105 cm³/mol. The standard InChI is InChI=1S/C22H24N2O2/c1-17-5-7-19(8-6-17)16-23(2)21(25)14-11-18-9-12-20(13-10-18)24-15-3-4-22(24)26/h5-14H,3-4,15-16H2,1-2H3/b14-11+. The quantitative estimate of drug-likeness (QED) is 0.771. The van der Waals surface area contributed by atoms with Crippen LogP contribution in [0.1, 0.15) is 29.5 Å². The Kier molecular flexibility index (Phi) is 5.52. The number of likely N-dealkylation sites (N-methyl/N-ethyl adjacent to an activating group) is 1. The number of rotatable bonds is 5. The lowest BCUT2D eigenvalue weighted by Gasteiger charge is -2.16. The van der Waals surface area contributed by atoms with E-state index in [1.54, 1.807) is 18.0 Å². The SMILES string of the molecule is Cc1ccc(CN(C)C(=O)/C=C/c2ccc(N3CCCC3=O)cc2)cc1. The van der Waals surface area contributed by atoms with Crippen LogP contribution in [-0.4, -0.2) is 30.3 Å². The molecule has 0 spiro atoms. The smallest absolute Gasteiger partial charge is 0.246 e. The van der Waals surface area contributed by atoms with E-state index in [0.29, 0.717) is 13.0 Å². The molecule has 0 bridgehead atoms. The summed E-state index contributed by atoms with van der Waals surface area (Å²) in [4.78, 5) is 27.6. The van der Waals surface area contributed by atoms with Gasteiger partial charge in [0.25, 0.3) is 0 Å². The minimum atomic E-state index is -0.0376. The molecule has 0 saturated carbocycles. The number of carbonyl (C=O) groups is 2. The van der Waals surface area contributed by atoms with Gasteiger partial charge in [-0.3, -0.25) is 9.59 Å². The molecule has 2 aromatic carbocycles. The van der Waals surface area contributed by atoms with Crippen LogP contribution in [0, 0.1) is 6.92 Å². The minimum absolute atomic E-state index is 0.0376. The maximum atomic E-state index is 12.3. The second kappa shape index (κ2) is 8.00. The van der Waals surface area contributed by atoms with Crippen LogP contribution in [0.25, 0.3) is 6.08 Å². The summed E-state index contributed by atoms with van der Waals surface area (Å²) in [6, 6.07) is 15.9. The number of aryl methyl sites for hydroxylation is 1. The Bertz CT molecular complexity index is 807. The highest BCUT2D eigenvalue weighted by molar-refractivity contribution is 5.95. The van der Waals surface area contributed by atoms with Gasteiger partial charge in [0.15, 0.2) is 0 Å². The van der Waals surface area contributed by atoms with Crippen LogP contribution < -0.4 is 4.90 Å². The van der Waals surface area contributed by atoms with E-state index in [1.165, 1.54) is 5.56 Å². The molecule has 1 aliphatic rings. The van der Waals surface area contributed by atoms with Gasteiger partial charge in [-0.15, -0.1) is 0 Å². The second-order valence-corrected chi connectivity index (χ2v) is 6.75. The van der Waals surface area contributed by atoms with Crippen molar-refractivity contribution in [2.24, 2.45) is 0 Å². The Morgan fingerprint density at radius 3 is 2.42 bits per heavy atom. The maximum Gasteiger partial charge on any atom is 0.246 e. The first kappa shape index (κ1) is 17.9. The molecule has 2 amide bonds. The minimum Gasteiger partial charge on any atom is -0.338 e. The third-order valence-corrected chi connectivity index (χ3v) is 4.61. The highest BCUT2D eigenvalue weighted by Gasteiger charge is 2.21. The molecule has 134 valence electrons. The van der Waals surface area contributed by atoms with Crippen molar-refractivity contribution in [3.8, 4) is 0 Å².